The Bertz CT molecular complexity index is 695. The minimum Gasteiger partial charge on any atom is -0.465 e. The van der Waals surface area contributed by atoms with Gasteiger partial charge in [0.25, 0.3) is 0 Å². The van der Waals surface area contributed by atoms with E-state index < -0.39 is 0 Å². The number of methoxy groups -OCH3 is 1. The maximum Gasteiger partial charge on any atom is 0.341 e. The molecule has 2 heterocycles. The standard InChI is InChI=1S/C15H17NO3S/c1-8-6-12(7-17)10(3)16(8)14-13(15(18)19-5)9(2)11(4)20-14/h6-7H,1-5H3. The van der Waals surface area contributed by atoms with Gasteiger partial charge in [-0.2, -0.15) is 0 Å². The lowest BCUT2D eigenvalue weighted by Gasteiger charge is -2.09. The zero-order chi connectivity index (χ0) is 15.0. The summed E-state index contributed by atoms with van der Waals surface area (Å²) in [5.41, 5.74) is 3.91. The number of aryl methyl sites for hydroxylation is 2. The average Bonchev–Trinajstić information content (AvgIpc) is 2.86. The highest BCUT2D eigenvalue weighted by molar-refractivity contribution is 7.15. The van der Waals surface area contributed by atoms with Crippen LogP contribution in [0, 0.1) is 27.7 Å². The van der Waals surface area contributed by atoms with Crippen molar-refractivity contribution in [3.63, 3.8) is 0 Å². The topological polar surface area (TPSA) is 48.3 Å². The molecule has 106 valence electrons. The van der Waals surface area contributed by atoms with Crippen molar-refractivity contribution >= 4 is 23.6 Å². The third-order valence-corrected chi connectivity index (χ3v) is 4.75. The smallest absolute Gasteiger partial charge is 0.341 e. The minimum absolute atomic E-state index is 0.345. The molecule has 20 heavy (non-hydrogen) atoms. The van der Waals surface area contributed by atoms with Crippen LogP contribution in [-0.2, 0) is 4.74 Å². The third-order valence-electron chi connectivity index (χ3n) is 3.56. The summed E-state index contributed by atoms with van der Waals surface area (Å²) >= 11 is 1.54. The largest absolute Gasteiger partial charge is 0.465 e. The van der Waals surface area contributed by atoms with Crippen LogP contribution in [0.2, 0.25) is 0 Å². The number of hydrogen-bond acceptors (Lipinski definition) is 4. The lowest BCUT2D eigenvalue weighted by Crippen LogP contribution is -2.08. The van der Waals surface area contributed by atoms with Gasteiger partial charge < -0.3 is 9.30 Å². The summed E-state index contributed by atoms with van der Waals surface area (Å²) in [6.45, 7) is 7.69. The Morgan fingerprint density at radius 3 is 2.45 bits per heavy atom. The first-order valence-corrected chi connectivity index (χ1v) is 7.06. The van der Waals surface area contributed by atoms with Crippen LogP contribution in [0.4, 0.5) is 0 Å². The van der Waals surface area contributed by atoms with Crippen molar-refractivity contribution < 1.29 is 14.3 Å². The molecule has 5 heteroatoms. The molecule has 0 saturated heterocycles. The summed E-state index contributed by atoms with van der Waals surface area (Å²) in [5.74, 6) is -0.345. The summed E-state index contributed by atoms with van der Waals surface area (Å²) in [5, 5.41) is 0.815. The van der Waals surface area contributed by atoms with E-state index in [2.05, 4.69) is 0 Å². The van der Waals surface area contributed by atoms with Crippen LogP contribution < -0.4 is 0 Å². The Balaban J connectivity index is 2.77. The number of aromatic nitrogens is 1. The Kier molecular flexibility index (Phi) is 3.81. The fourth-order valence-corrected chi connectivity index (χ4v) is 3.58. The van der Waals surface area contributed by atoms with E-state index in [-0.39, 0.29) is 5.97 Å². The van der Waals surface area contributed by atoms with Crippen molar-refractivity contribution in [2.75, 3.05) is 7.11 Å². The van der Waals surface area contributed by atoms with E-state index in [1.165, 1.54) is 18.4 Å². The highest BCUT2D eigenvalue weighted by atomic mass is 32.1. The summed E-state index contributed by atoms with van der Waals surface area (Å²) in [6.07, 6.45) is 0.837. The molecule has 0 N–H and O–H groups in total. The highest BCUT2D eigenvalue weighted by Crippen LogP contribution is 2.34. The molecular weight excluding hydrogens is 274 g/mol. The first kappa shape index (κ1) is 14.5. The van der Waals surface area contributed by atoms with E-state index in [0.717, 1.165) is 33.1 Å². The van der Waals surface area contributed by atoms with Gasteiger partial charge in [0.2, 0.25) is 0 Å². The van der Waals surface area contributed by atoms with Gasteiger partial charge in [0.15, 0.2) is 6.29 Å². The van der Waals surface area contributed by atoms with Crippen molar-refractivity contribution in [3.8, 4) is 5.00 Å². The number of rotatable bonds is 3. The number of aldehydes is 1. The fraction of sp³-hybridized carbons (Fsp3) is 0.333. The van der Waals surface area contributed by atoms with Crippen LogP contribution in [-0.4, -0.2) is 23.9 Å². The predicted molar refractivity (Wildman–Crippen MR) is 79.3 cm³/mol. The van der Waals surface area contributed by atoms with E-state index in [1.807, 2.05) is 38.3 Å². The van der Waals surface area contributed by atoms with E-state index in [9.17, 15) is 9.59 Å². The van der Waals surface area contributed by atoms with Crippen LogP contribution in [0.3, 0.4) is 0 Å². The molecule has 2 aromatic rings. The molecule has 0 unspecified atom stereocenters. The highest BCUT2D eigenvalue weighted by Gasteiger charge is 2.23. The summed E-state index contributed by atoms with van der Waals surface area (Å²) in [4.78, 5) is 24.2. The van der Waals surface area contributed by atoms with Crippen LogP contribution in [0.1, 0.15) is 42.5 Å². The molecule has 4 nitrogen and oxygen atoms in total. The normalized spacial score (nSPS) is 10.7. The number of ether oxygens (including phenoxy) is 1. The Hall–Kier alpha value is -1.88. The molecule has 0 bridgehead atoms. The van der Waals surface area contributed by atoms with Gasteiger partial charge in [0.05, 0.1) is 12.7 Å². The summed E-state index contributed by atoms with van der Waals surface area (Å²) in [6, 6.07) is 1.83. The molecule has 0 amide bonds. The molecule has 0 atom stereocenters. The fourth-order valence-electron chi connectivity index (χ4n) is 2.33. The first-order chi connectivity index (χ1) is 9.42. The predicted octanol–water partition coefficient (Wildman–Crippen LogP) is 3.37. The summed E-state index contributed by atoms with van der Waals surface area (Å²) < 4.78 is 6.84. The van der Waals surface area contributed by atoms with Crippen molar-refractivity contribution in [2.24, 2.45) is 0 Å². The number of esters is 1. The maximum atomic E-state index is 12.0. The van der Waals surface area contributed by atoms with Crippen LogP contribution in [0.15, 0.2) is 6.07 Å². The molecule has 2 rings (SSSR count). The molecule has 0 aliphatic rings. The van der Waals surface area contributed by atoms with Gasteiger partial charge >= 0.3 is 5.97 Å². The van der Waals surface area contributed by atoms with Gasteiger partial charge in [-0.25, -0.2) is 4.79 Å². The van der Waals surface area contributed by atoms with Crippen LogP contribution >= 0.6 is 11.3 Å². The van der Waals surface area contributed by atoms with E-state index in [1.54, 1.807) is 0 Å². The number of thiophene rings is 1. The zero-order valence-electron chi connectivity index (χ0n) is 12.2. The molecule has 0 aliphatic carbocycles. The van der Waals surface area contributed by atoms with E-state index >= 15 is 0 Å². The van der Waals surface area contributed by atoms with Crippen LogP contribution in [0.25, 0.3) is 5.00 Å². The van der Waals surface area contributed by atoms with E-state index in [0.29, 0.717) is 11.1 Å². The first-order valence-electron chi connectivity index (χ1n) is 6.25. The third kappa shape index (κ3) is 2.08. The molecule has 0 spiro atoms. The van der Waals surface area contributed by atoms with Crippen molar-refractivity contribution in [2.45, 2.75) is 27.7 Å². The van der Waals surface area contributed by atoms with Gasteiger partial charge in [0, 0.05) is 21.8 Å². The quantitative estimate of drug-likeness (QED) is 0.643. The van der Waals surface area contributed by atoms with Crippen molar-refractivity contribution in [3.05, 3.63) is 39.0 Å². The summed E-state index contributed by atoms with van der Waals surface area (Å²) in [7, 11) is 1.38. The van der Waals surface area contributed by atoms with Gasteiger partial charge in [-0.3, -0.25) is 4.79 Å². The molecule has 0 radical (unpaired) electrons. The Morgan fingerprint density at radius 1 is 1.30 bits per heavy atom. The van der Waals surface area contributed by atoms with Crippen LogP contribution in [0.5, 0.6) is 0 Å². The molecular formula is C15H17NO3S. The monoisotopic (exact) mass is 291 g/mol. The lowest BCUT2D eigenvalue weighted by molar-refractivity contribution is 0.0600. The van der Waals surface area contributed by atoms with Gasteiger partial charge in [-0.05, 0) is 39.3 Å². The molecule has 0 aliphatic heterocycles. The molecule has 0 saturated carbocycles. The number of carbonyl (C=O) groups is 2. The average molecular weight is 291 g/mol. The lowest BCUT2D eigenvalue weighted by atomic mass is 10.1. The molecule has 2 aromatic heterocycles. The van der Waals surface area contributed by atoms with Gasteiger partial charge in [0.1, 0.15) is 5.00 Å². The Labute approximate surface area is 122 Å². The molecule has 0 aromatic carbocycles. The van der Waals surface area contributed by atoms with Crippen molar-refractivity contribution in [1.82, 2.24) is 4.57 Å². The second-order valence-corrected chi connectivity index (χ2v) is 5.94. The second-order valence-electron chi connectivity index (χ2n) is 4.73. The maximum absolute atomic E-state index is 12.0. The second kappa shape index (κ2) is 5.25. The van der Waals surface area contributed by atoms with Crippen molar-refractivity contribution in [1.29, 1.82) is 0 Å². The Morgan fingerprint density at radius 2 is 1.95 bits per heavy atom. The van der Waals surface area contributed by atoms with E-state index in [4.69, 9.17) is 4.74 Å². The number of carbonyl (C=O) groups excluding carboxylic acids is 2. The number of nitrogens with zero attached hydrogens (tertiary/aromatic N) is 1. The van der Waals surface area contributed by atoms with Gasteiger partial charge in [-0.15, -0.1) is 11.3 Å². The minimum atomic E-state index is -0.345. The molecule has 0 fully saturated rings. The number of hydrogen-bond donors (Lipinski definition) is 0. The zero-order valence-corrected chi connectivity index (χ0v) is 13.1. The SMILES string of the molecule is COC(=O)c1c(-n2c(C)cc(C=O)c2C)sc(C)c1C. The van der Waals surface area contributed by atoms with Gasteiger partial charge in [-0.1, -0.05) is 0 Å².